The highest BCUT2D eigenvalue weighted by atomic mass is 16.5. The molecule has 2 radical (unpaired) electrons. The number of methoxy groups -OCH3 is 1. The normalized spacial score (nSPS) is 12.9. The third kappa shape index (κ3) is 2.26. The largest absolute Gasteiger partial charge is 0.469 e. The van der Waals surface area contributed by atoms with Gasteiger partial charge in [0.2, 0.25) is 0 Å². The Labute approximate surface area is 44.3 Å². The third-order valence-corrected chi connectivity index (χ3v) is 0.573. The smallest absolute Gasteiger partial charge is 0.299 e. The average Bonchev–Trinajstić information content (AvgIpc) is 1.65. The van der Waals surface area contributed by atoms with Gasteiger partial charge in [-0.2, -0.15) is 0 Å². The van der Waals surface area contributed by atoms with Gasteiger partial charge < -0.3 is 4.74 Å². The van der Waals surface area contributed by atoms with Crippen LogP contribution in [0, 0.1) is 0 Å². The number of esters is 1. The summed E-state index contributed by atoms with van der Waals surface area (Å²) in [5.41, 5.74) is 0. The summed E-state index contributed by atoms with van der Waals surface area (Å²) >= 11 is 0. The molecule has 0 aliphatic rings. The first kappa shape index (κ1) is 6.53. The van der Waals surface area contributed by atoms with Crippen LogP contribution in [0.15, 0.2) is 0 Å². The lowest BCUT2D eigenvalue weighted by atomic mass is 9.90. The van der Waals surface area contributed by atoms with Crippen LogP contribution >= 0.6 is 0 Å². The molecule has 0 amide bonds. The van der Waals surface area contributed by atoms with Gasteiger partial charge in [-0.05, 0) is 0 Å². The number of hydrogen-bond acceptors (Lipinski definition) is 2. The molecule has 2 nitrogen and oxygen atoms in total. The Kier molecular flexibility index (Phi) is 2.49. The van der Waals surface area contributed by atoms with Crippen molar-refractivity contribution in [2.24, 2.45) is 0 Å². The molecule has 38 valence electrons. The zero-order valence-corrected chi connectivity index (χ0v) is 4.47. The first-order valence-corrected chi connectivity index (χ1v) is 2.02. The van der Waals surface area contributed by atoms with Gasteiger partial charge in [-0.1, -0.05) is 6.92 Å². The van der Waals surface area contributed by atoms with Crippen molar-refractivity contribution >= 4 is 13.8 Å². The van der Waals surface area contributed by atoms with Crippen LogP contribution in [0.5, 0.6) is 0 Å². The van der Waals surface area contributed by atoms with Crippen LogP contribution in [0.4, 0.5) is 0 Å². The van der Waals surface area contributed by atoms with Crippen LogP contribution in [0.2, 0.25) is 5.82 Å². The second-order valence-electron chi connectivity index (χ2n) is 1.31. The van der Waals surface area contributed by atoms with E-state index < -0.39 is 5.82 Å². The molecule has 0 saturated heterocycles. The third-order valence-electron chi connectivity index (χ3n) is 0.573. The van der Waals surface area contributed by atoms with Gasteiger partial charge in [0, 0.05) is 5.82 Å². The molecule has 0 aromatic heterocycles. The summed E-state index contributed by atoms with van der Waals surface area (Å²) in [4.78, 5) is 10.2. The summed E-state index contributed by atoms with van der Waals surface area (Å²) < 4.78 is 4.25. The molecule has 0 saturated carbocycles. The Morgan fingerprint density at radius 2 is 2.29 bits per heavy atom. The van der Waals surface area contributed by atoms with Crippen molar-refractivity contribution in [3.05, 3.63) is 0 Å². The van der Waals surface area contributed by atoms with E-state index in [2.05, 4.69) is 4.74 Å². The second kappa shape index (κ2) is 2.67. The summed E-state index contributed by atoms with van der Waals surface area (Å²) in [5.74, 6) is -0.870. The minimum atomic E-state index is -0.495. The van der Waals surface area contributed by atoms with Crippen LogP contribution < -0.4 is 0 Å². The molecule has 0 spiro atoms. The van der Waals surface area contributed by atoms with Crippen LogP contribution in [0.3, 0.4) is 0 Å². The molecule has 0 N–H and O–H groups in total. The molecule has 0 rings (SSSR count). The fourth-order valence-corrected chi connectivity index (χ4v) is 0.186. The number of carbonyl (C=O) groups excluding carboxylic acids is 1. The van der Waals surface area contributed by atoms with Gasteiger partial charge in [0.25, 0.3) is 5.97 Å². The fraction of sp³-hybridized carbons (Fsp3) is 0.750. The predicted octanol–water partition coefficient (Wildman–Crippen LogP) is 0.136. The van der Waals surface area contributed by atoms with Crippen molar-refractivity contribution in [1.82, 2.24) is 0 Å². The summed E-state index contributed by atoms with van der Waals surface area (Å²) in [7, 11) is 6.38. The molecule has 1 unspecified atom stereocenters. The predicted molar refractivity (Wildman–Crippen MR) is 27.2 cm³/mol. The highest BCUT2D eigenvalue weighted by Crippen LogP contribution is 1.95. The molecule has 0 heterocycles. The van der Waals surface area contributed by atoms with E-state index in [1.807, 2.05) is 0 Å². The Morgan fingerprint density at radius 1 is 1.86 bits per heavy atom. The van der Waals surface area contributed by atoms with Crippen LogP contribution in [-0.4, -0.2) is 20.9 Å². The molecule has 3 heteroatoms. The van der Waals surface area contributed by atoms with Gasteiger partial charge in [0.15, 0.2) is 0 Å². The number of rotatable bonds is 1. The fourth-order valence-electron chi connectivity index (χ4n) is 0.186. The zero-order valence-electron chi connectivity index (χ0n) is 4.47. The first-order valence-electron chi connectivity index (χ1n) is 2.02. The molecular formula is C4H7BO2. The van der Waals surface area contributed by atoms with Crippen molar-refractivity contribution in [2.45, 2.75) is 12.7 Å². The Balaban J connectivity index is 3.35. The average molecular weight is 97.9 g/mol. The Hall–Kier alpha value is -0.465. The molecule has 0 aromatic carbocycles. The van der Waals surface area contributed by atoms with Crippen molar-refractivity contribution in [3.63, 3.8) is 0 Å². The molecule has 0 bridgehead atoms. The summed E-state index contributed by atoms with van der Waals surface area (Å²) in [5, 5.41) is 0. The van der Waals surface area contributed by atoms with E-state index in [0.29, 0.717) is 0 Å². The zero-order chi connectivity index (χ0) is 5.86. The molecule has 0 aliphatic heterocycles. The van der Waals surface area contributed by atoms with E-state index in [1.165, 1.54) is 7.11 Å². The highest BCUT2D eigenvalue weighted by molar-refractivity contribution is 6.22. The van der Waals surface area contributed by atoms with Gasteiger partial charge in [-0.15, -0.1) is 0 Å². The maximum atomic E-state index is 10.2. The van der Waals surface area contributed by atoms with Crippen molar-refractivity contribution < 1.29 is 9.53 Å². The number of carbonyl (C=O) groups is 1. The lowest BCUT2D eigenvalue weighted by Gasteiger charge is -1.98. The van der Waals surface area contributed by atoms with Gasteiger partial charge in [0.05, 0.1) is 15.0 Å². The van der Waals surface area contributed by atoms with Gasteiger partial charge >= 0.3 is 0 Å². The summed E-state index contributed by atoms with van der Waals surface area (Å²) in [6.45, 7) is 1.58. The van der Waals surface area contributed by atoms with Crippen molar-refractivity contribution in [3.8, 4) is 0 Å². The quantitative estimate of drug-likeness (QED) is 0.344. The Morgan fingerprint density at radius 3 is 2.29 bits per heavy atom. The van der Waals surface area contributed by atoms with Crippen molar-refractivity contribution in [2.75, 3.05) is 7.11 Å². The van der Waals surface area contributed by atoms with Crippen molar-refractivity contribution in [1.29, 1.82) is 0 Å². The molecule has 0 aromatic rings. The molecular weight excluding hydrogens is 90.9 g/mol. The van der Waals surface area contributed by atoms with Crippen LogP contribution in [0.25, 0.3) is 0 Å². The minimum Gasteiger partial charge on any atom is -0.469 e. The second-order valence-corrected chi connectivity index (χ2v) is 1.31. The van der Waals surface area contributed by atoms with Gasteiger partial charge in [0.1, 0.15) is 0 Å². The van der Waals surface area contributed by atoms with Gasteiger partial charge in [-0.25, -0.2) is 0 Å². The maximum Gasteiger partial charge on any atom is 0.299 e. The van der Waals surface area contributed by atoms with Crippen LogP contribution in [-0.2, 0) is 9.53 Å². The van der Waals surface area contributed by atoms with E-state index in [9.17, 15) is 4.79 Å². The number of ether oxygens (including phenoxy) is 1. The topological polar surface area (TPSA) is 26.3 Å². The Bertz CT molecular complexity index is 70.1. The lowest BCUT2D eigenvalue weighted by molar-refractivity contribution is -0.140. The molecule has 7 heavy (non-hydrogen) atoms. The molecule has 0 aliphatic carbocycles. The maximum absolute atomic E-state index is 10.2. The van der Waals surface area contributed by atoms with E-state index in [4.69, 9.17) is 7.85 Å². The first-order chi connectivity index (χ1) is 3.18. The van der Waals surface area contributed by atoms with E-state index in [0.717, 1.165) is 0 Å². The molecule has 1 atom stereocenters. The van der Waals surface area contributed by atoms with E-state index in [-0.39, 0.29) is 5.97 Å². The minimum absolute atomic E-state index is 0.375. The summed E-state index contributed by atoms with van der Waals surface area (Å²) in [6, 6.07) is 0. The monoisotopic (exact) mass is 98.1 g/mol. The number of hydrogen-bond donors (Lipinski definition) is 0. The highest BCUT2D eigenvalue weighted by Gasteiger charge is 2.02. The lowest BCUT2D eigenvalue weighted by Crippen LogP contribution is -2.05. The molecule has 0 fully saturated rings. The van der Waals surface area contributed by atoms with Crippen LogP contribution in [0.1, 0.15) is 6.92 Å². The van der Waals surface area contributed by atoms with E-state index in [1.54, 1.807) is 6.92 Å². The standard InChI is InChI=1S/C4H7BO2/c1-3(5)4(6)7-2/h3H,1-2H3. The SMILES string of the molecule is [B]C(C)C(=O)OC. The van der Waals surface area contributed by atoms with E-state index >= 15 is 0 Å². The summed E-state index contributed by atoms with van der Waals surface area (Å²) in [6.07, 6.45) is 0. The van der Waals surface area contributed by atoms with Gasteiger partial charge in [-0.3, -0.25) is 4.79 Å².